The van der Waals surface area contributed by atoms with Crippen LogP contribution in [0.3, 0.4) is 0 Å². The zero-order valence-electron chi connectivity index (χ0n) is 16.1. The molecule has 1 saturated heterocycles. The molecule has 146 valence electrons. The summed E-state index contributed by atoms with van der Waals surface area (Å²) in [5, 5.41) is 14.2. The minimum absolute atomic E-state index is 0.0328. The molecule has 0 radical (unpaired) electrons. The van der Waals surface area contributed by atoms with Crippen LogP contribution in [0.2, 0.25) is 0 Å². The minimum Gasteiger partial charge on any atom is -0.379 e. The molecule has 3 aromatic rings. The van der Waals surface area contributed by atoms with Crippen molar-refractivity contribution >= 4 is 10.9 Å². The third-order valence-corrected chi connectivity index (χ3v) is 6.04. The highest BCUT2D eigenvalue weighted by Crippen LogP contribution is 2.34. The van der Waals surface area contributed by atoms with Gasteiger partial charge >= 0.3 is 0 Å². The molecule has 28 heavy (non-hydrogen) atoms. The molecule has 3 heterocycles. The molecule has 5 rings (SSSR count). The number of pyridine rings is 1. The van der Waals surface area contributed by atoms with Crippen molar-refractivity contribution in [2.75, 3.05) is 26.3 Å². The van der Waals surface area contributed by atoms with E-state index in [-0.39, 0.29) is 6.04 Å². The normalized spacial score (nSPS) is 20.4. The van der Waals surface area contributed by atoms with Crippen LogP contribution in [0.5, 0.6) is 0 Å². The average Bonchev–Trinajstić information content (AvgIpc) is 3.25. The Kier molecular flexibility index (Phi) is 5.01. The Hall–Kier alpha value is -2.38. The van der Waals surface area contributed by atoms with Crippen molar-refractivity contribution in [3.8, 4) is 0 Å². The van der Waals surface area contributed by atoms with Gasteiger partial charge in [0.2, 0.25) is 0 Å². The maximum absolute atomic E-state index is 5.61. The average molecular weight is 378 g/mol. The first-order chi connectivity index (χ1) is 13.9. The summed E-state index contributed by atoms with van der Waals surface area (Å²) in [6, 6.07) is 11.1. The SMILES string of the molecule is c1cnc2ccc([C@H](c3nnnn3C3CCCCC3)N3CCOCC3)cc2c1. The van der Waals surface area contributed by atoms with Crippen LogP contribution >= 0.6 is 0 Å². The summed E-state index contributed by atoms with van der Waals surface area (Å²) in [6.07, 6.45) is 8.00. The molecule has 7 nitrogen and oxygen atoms in total. The zero-order chi connectivity index (χ0) is 18.8. The van der Waals surface area contributed by atoms with E-state index in [2.05, 4.69) is 54.4 Å². The summed E-state index contributed by atoms with van der Waals surface area (Å²) in [5.74, 6) is 0.956. The number of hydrogen-bond acceptors (Lipinski definition) is 6. The fourth-order valence-electron chi connectivity index (χ4n) is 4.59. The van der Waals surface area contributed by atoms with Gasteiger partial charge in [-0.1, -0.05) is 31.4 Å². The van der Waals surface area contributed by atoms with Gasteiger partial charge in [-0.15, -0.1) is 5.10 Å². The van der Waals surface area contributed by atoms with Crippen LogP contribution in [0, 0.1) is 0 Å². The maximum atomic E-state index is 5.61. The van der Waals surface area contributed by atoms with E-state index in [9.17, 15) is 0 Å². The van der Waals surface area contributed by atoms with Crippen molar-refractivity contribution in [2.24, 2.45) is 0 Å². The van der Waals surface area contributed by atoms with Crippen LogP contribution in [0.1, 0.15) is 55.6 Å². The van der Waals surface area contributed by atoms with E-state index in [1.165, 1.54) is 24.8 Å². The number of hydrogen-bond donors (Lipinski definition) is 0. The number of tetrazole rings is 1. The summed E-state index contributed by atoms with van der Waals surface area (Å²) < 4.78 is 7.71. The molecule has 0 bridgehead atoms. The highest BCUT2D eigenvalue weighted by Gasteiger charge is 2.31. The Morgan fingerprint density at radius 3 is 2.75 bits per heavy atom. The Labute approximate surface area is 164 Å². The van der Waals surface area contributed by atoms with Gasteiger partial charge in [-0.3, -0.25) is 9.88 Å². The molecule has 0 unspecified atom stereocenters. The van der Waals surface area contributed by atoms with Gasteiger partial charge in [-0.05, 0) is 47.0 Å². The van der Waals surface area contributed by atoms with Crippen molar-refractivity contribution in [3.63, 3.8) is 0 Å². The molecule has 0 amide bonds. The quantitative estimate of drug-likeness (QED) is 0.695. The van der Waals surface area contributed by atoms with Crippen LogP contribution in [0.4, 0.5) is 0 Å². The third kappa shape index (κ3) is 3.40. The second-order valence-electron chi connectivity index (χ2n) is 7.78. The Morgan fingerprint density at radius 2 is 1.89 bits per heavy atom. The second kappa shape index (κ2) is 7.93. The van der Waals surface area contributed by atoms with E-state index in [0.717, 1.165) is 55.9 Å². The maximum Gasteiger partial charge on any atom is 0.173 e. The molecule has 1 aliphatic carbocycles. The first-order valence-electron chi connectivity index (χ1n) is 10.3. The molecular weight excluding hydrogens is 352 g/mol. The van der Waals surface area contributed by atoms with Crippen LogP contribution in [0.15, 0.2) is 36.5 Å². The molecule has 2 aromatic heterocycles. The van der Waals surface area contributed by atoms with Gasteiger partial charge in [0.05, 0.1) is 30.8 Å². The van der Waals surface area contributed by atoms with E-state index in [1.807, 2.05) is 12.3 Å². The van der Waals surface area contributed by atoms with Gasteiger partial charge in [0, 0.05) is 24.7 Å². The first-order valence-corrected chi connectivity index (χ1v) is 10.3. The van der Waals surface area contributed by atoms with Gasteiger partial charge in [-0.2, -0.15) is 0 Å². The van der Waals surface area contributed by atoms with Gasteiger partial charge in [0.25, 0.3) is 0 Å². The Morgan fingerprint density at radius 1 is 1.04 bits per heavy atom. The van der Waals surface area contributed by atoms with Crippen molar-refractivity contribution in [1.29, 1.82) is 0 Å². The molecule has 1 atom stereocenters. The van der Waals surface area contributed by atoms with E-state index in [4.69, 9.17) is 4.74 Å². The lowest BCUT2D eigenvalue weighted by Crippen LogP contribution is -2.41. The molecule has 1 saturated carbocycles. The van der Waals surface area contributed by atoms with E-state index in [1.54, 1.807) is 0 Å². The number of nitrogens with zero attached hydrogens (tertiary/aromatic N) is 6. The number of morpholine rings is 1. The van der Waals surface area contributed by atoms with Crippen molar-refractivity contribution in [3.05, 3.63) is 47.9 Å². The summed E-state index contributed by atoms with van der Waals surface area (Å²) in [7, 11) is 0. The molecule has 1 aliphatic heterocycles. The topological polar surface area (TPSA) is 69.0 Å². The molecule has 2 fully saturated rings. The standard InChI is InChI=1S/C21H26N6O/c1-2-6-18(7-3-1)27-21(23-24-25-27)20(26-11-13-28-14-12-26)17-8-9-19-16(15-17)5-4-10-22-19/h4-5,8-10,15,18,20H,1-3,6-7,11-14H2/t20-/m1/s1. The molecule has 2 aliphatic rings. The lowest BCUT2D eigenvalue weighted by molar-refractivity contribution is 0.0211. The first kappa shape index (κ1) is 17.7. The lowest BCUT2D eigenvalue weighted by Gasteiger charge is -2.35. The number of aromatic nitrogens is 5. The predicted octanol–water partition coefficient (Wildman–Crippen LogP) is 3.15. The van der Waals surface area contributed by atoms with Crippen molar-refractivity contribution in [2.45, 2.75) is 44.2 Å². The summed E-state index contributed by atoms with van der Waals surface area (Å²) in [4.78, 5) is 6.92. The van der Waals surface area contributed by atoms with E-state index in [0.29, 0.717) is 6.04 Å². The number of fused-ring (bicyclic) bond motifs is 1. The fourth-order valence-corrected chi connectivity index (χ4v) is 4.59. The fraction of sp³-hybridized carbons (Fsp3) is 0.524. The lowest BCUT2D eigenvalue weighted by atomic mass is 9.95. The van der Waals surface area contributed by atoms with Gasteiger partial charge < -0.3 is 4.74 Å². The molecule has 1 aromatic carbocycles. The minimum atomic E-state index is 0.0328. The number of benzene rings is 1. The van der Waals surface area contributed by atoms with Crippen LogP contribution in [-0.2, 0) is 4.74 Å². The zero-order valence-corrected chi connectivity index (χ0v) is 16.1. The van der Waals surface area contributed by atoms with E-state index < -0.39 is 0 Å². The summed E-state index contributed by atoms with van der Waals surface area (Å²) in [5.41, 5.74) is 2.23. The third-order valence-electron chi connectivity index (χ3n) is 6.04. The van der Waals surface area contributed by atoms with Crippen LogP contribution in [0.25, 0.3) is 10.9 Å². The van der Waals surface area contributed by atoms with Gasteiger partial charge in [0.15, 0.2) is 5.82 Å². The summed E-state index contributed by atoms with van der Waals surface area (Å²) in [6.45, 7) is 3.26. The van der Waals surface area contributed by atoms with Crippen molar-refractivity contribution in [1.82, 2.24) is 30.1 Å². The van der Waals surface area contributed by atoms with Gasteiger partial charge in [-0.25, -0.2) is 4.68 Å². The number of rotatable bonds is 4. The van der Waals surface area contributed by atoms with Crippen molar-refractivity contribution < 1.29 is 4.74 Å². The molecule has 0 spiro atoms. The van der Waals surface area contributed by atoms with E-state index >= 15 is 0 Å². The number of ether oxygens (including phenoxy) is 1. The Balaban J connectivity index is 1.57. The summed E-state index contributed by atoms with van der Waals surface area (Å²) >= 11 is 0. The van der Waals surface area contributed by atoms with Crippen LogP contribution in [-0.4, -0.2) is 56.4 Å². The second-order valence-corrected chi connectivity index (χ2v) is 7.78. The smallest absolute Gasteiger partial charge is 0.173 e. The largest absolute Gasteiger partial charge is 0.379 e. The molecule has 0 N–H and O–H groups in total. The van der Waals surface area contributed by atoms with Gasteiger partial charge in [0.1, 0.15) is 0 Å². The highest BCUT2D eigenvalue weighted by atomic mass is 16.5. The molecular formula is C21H26N6O. The Bertz CT molecular complexity index is 929. The predicted molar refractivity (Wildman–Crippen MR) is 106 cm³/mol. The molecule has 7 heteroatoms. The monoisotopic (exact) mass is 378 g/mol. The highest BCUT2D eigenvalue weighted by molar-refractivity contribution is 5.79. The van der Waals surface area contributed by atoms with Crippen LogP contribution < -0.4 is 0 Å².